The molecule has 15 heteroatoms. The van der Waals surface area contributed by atoms with Gasteiger partial charge in [0.1, 0.15) is 5.82 Å². The maximum Gasteiger partial charge on any atom is 0.389 e. The fourth-order valence-corrected chi connectivity index (χ4v) is 7.36. The lowest BCUT2D eigenvalue weighted by atomic mass is 9.95. The molecule has 1 aliphatic carbocycles. The lowest BCUT2D eigenvalue weighted by molar-refractivity contribution is -0.135. The second-order valence-electron chi connectivity index (χ2n) is 9.84. The zero-order chi connectivity index (χ0) is 26.1. The van der Waals surface area contributed by atoms with Gasteiger partial charge in [-0.1, -0.05) is 6.07 Å². The number of piperidine rings is 1. The molecule has 3 fully saturated rings. The zero-order valence-electron chi connectivity index (χ0n) is 20.8. The Labute approximate surface area is 232 Å². The molecular formula is C23H34Cl2F4N4O4S. The van der Waals surface area contributed by atoms with Crippen molar-refractivity contribution in [1.82, 2.24) is 14.7 Å². The van der Waals surface area contributed by atoms with Crippen molar-refractivity contribution < 1.29 is 36.0 Å². The number of benzene rings is 1. The molecule has 2 saturated heterocycles. The largest absolute Gasteiger partial charge is 0.389 e. The summed E-state index contributed by atoms with van der Waals surface area (Å²) in [5, 5.41) is 9.34. The summed E-state index contributed by atoms with van der Waals surface area (Å²) in [5.41, 5.74) is 2.30. The first-order valence-corrected chi connectivity index (χ1v) is 13.7. The second-order valence-corrected chi connectivity index (χ2v) is 12.1. The monoisotopic (exact) mass is 608 g/mol. The van der Waals surface area contributed by atoms with Gasteiger partial charge in [0.2, 0.25) is 10.0 Å². The summed E-state index contributed by atoms with van der Waals surface area (Å²) in [7, 11) is -4.09. The molecule has 1 aromatic carbocycles. The Morgan fingerprint density at radius 2 is 1.66 bits per heavy atom. The normalized spacial score (nSPS) is 20.8. The van der Waals surface area contributed by atoms with Crippen LogP contribution in [0.2, 0.25) is 0 Å². The van der Waals surface area contributed by atoms with Crippen LogP contribution in [0.25, 0.3) is 0 Å². The molecule has 1 aromatic rings. The van der Waals surface area contributed by atoms with Gasteiger partial charge in [-0.15, -0.1) is 24.8 Å². The summed E-state index contributed by atoms with van der Waals surface area (Å²) < 4.78 is 78.4. The van der Waals surface area contributed by atoms with Crippen molar-refractivity contribution in [1.29, 1.82) is 0 Å². The Hall–Kier alpha value is -1.38. The first-order valence-electron chi connectivity index (χ1n) is 12.3. The van der Waals surface area contributed by atoms with Gasteiger partial charge in [-0.2, -0.15) is 17.5 Å². The SMILES string of the molecule is Cl.Cl.O=C(NO)C1(S(=O)(=O)N2CCN(c3ccc(CCCC(F)(F)F)c(F)c3)CC2)CCN(C2CC2)CC1. The van der Waals surface area contributed by atoms with Gasteiger partial charge in [-0.25, -0.2) is 18.3 Å². The minimum Gasteiger partial charge on any atom is -0.369 e. The molecule has 2 heterocycles. The van der Waals surface area contributed by atoms with E-state index in [2.05, 4.69) is 4.90 Å². The number of rotatable bonds is 8. The van der Waals surface area contributed by atoms with E-state index in [-0.39, 0.29) is 82.2 Å². The fraction of sp³-hybridized carbons (Fsp3) is 0.696. The number of alkyl halides is 3. The average molecular weight is 610 g/mol. The highest BCUT2D eigenvalue weighted by Gasteiger charge is 2.55. The predicted octanol–water partition coefficient (Wildman–Crippen LogP) is 3.51. The number of anilines is 1. The van der Waals surface area contributed by atoms with Crippen LogP contribution in [-0.4, -0.2) is 85.0 Å². The van der Waals surface area contributed by atoms with Crippen molar-refractivity contribution in [2.75, 3.05) is 44.2 Å². The predicted molar refractivity (Wildman–Crippen MR) is 139 cm³/mol. The van der Waals surface area contributed by atoms with Gasteiger partial charge >= 0.3 is 6.18 Å². The lowest BCUT2D eigenvalue weighted by Crippen LogP contribution is -2.63. The molecule has 2 N–H and O–H groups in total. The molecule has 8 nitrogen and oxygen atoms in total. The molecule has 1 amide bonds. The zero-order valence-corrected chi connectivity index (χ0v) is 23.2. The van der Waals surface area contributed by atoms with Crippen molar-refractivity contribution in [3.8, 4) is 0 Å². The van der Waals surface area contributed by atoms with E-state index in [4.69, 9.17) is 0 Å². The molecule has 0 bridgehead atoms. The van der Waals surface area contributed by atoms with E-state index >= 15 is 0 Å². The Kier molecular flexibility index (Phi) is 11.1. The number of amides is 1. The molecule has 0 atom stereocenters. The Morgan fingerprint density at radius 3 is 2.16 bits per heavy atom. The van der Waals surface area contributed by atoms with E-state index in [0.29, 0.717) is 24.8 Å². The molecule has 0 unspecified atom stereocenters. The van der Waals surface area contributed by atoms with E-state index in [1.165, 1.54) is 16.4 Å². The Morgan fingerprint density at radius 1 is 1.05 bits per heavy atom. The Bertz CT molecular complexity index is 1060. The minimum absolute atomic E-state index is 0. The average Bonchev–Trinajstić information content (AvgIpc) is 3.69. The van der Waals surface area contributed by atoms with Gasteiger partial charge in [0, 0.05) is 57.4 Å². The number of hydroxylamine groups is 1. The van der Waals surface area contributed by atoms with Crippen molar-refractivity contribution in [2.45, 2.75) is 61.9 Å². The summed E-state index contributed by atoms with van der Waals surface area (Å²) >= 11 is 0. The molecule has 3 aliphatic rings. The molecule has 0 spiro atoms. The van der Waals surface area contributed by atoms with Crippen LogP contribution >= 0.6 is 24.8 Å². The topological polar surface area (TPSA) is 93.2 Å². The highest BCUT2D eigenvalue weighted by Crippen LogP contribution is 2.38. The summed E-state index contributed by atoms with van der Waals surface area (Å²) in [6, 6.07) is 4.81. The number of hydrogen-bond acceptors (Lipinski definition) is 6. The number of hydrogen-bond donors (Lipinski definition) is 2. The lowest BCUT2D eigenvalue weighted by Gasteiger charge is -2.44. The van der Waals surface area contributed by atoms with Crippen LogP contribution in [0.4, 0.5) is 23.2 Å². The van der Waals surface area contributed by atoms with Crippen LogP contribution in [0.1, 0.15) is 44.1 Å². The maximum atomic E-state index is 14.5. The number of nitrogens with zero attached hydrogens (tertiary/aromatic N) is 3. The summed E-state index contributed by atoms with van der Waals surface area (Å²) in [4.78, 5) is 16.7. The number of sulfonamides is 1. The highest BCUT2D eigenvalue weighted by molar-refractivity contribution is 7.91. The quantitative estimate of drug-likeness (QED) is 0.267. The van der Waals surface area contributed by atoms with Gasteiger partial charge in [-0.3, -0.25) is 10.0 Å². The van der Waals surface area contributed by atoms with Crippen LogP contribution < -0.4 is 10.4 Å². The molecule has 218 valence electrons. The summed E-state index contributed by atoms with van der Waals surface area (Å²) in [5.74, 6) is -1.51. The van der Waals surface area contributed by atoms with Crippen molar-refractivity contribution in [3.63, 3.8) is 0 Å². The third-order valence-electron chi connectivity index (χ3n) is 7.56. The first-order chi connectivity index (χ1) is 17.0. The van der Waals surface area contributed by atoms with Crippen LogP contribution in [-0.2, 0) is 21.2 Å². The molecule has 0 radical (unpaired) electrons. The number of piperazine rings is 1. The highest BCUT2D eigenvalue weighted by atomic mass is 35.5. The molecular weight excluding hydrogens is 575 g/mol. The van der Waals surface area contributed by atoms with E-state index in [9.17, 15) is 36.0 Å². The van der Waals surface area contributed by atoms with Crippen LogP contribution in [0.3, 0.4) is 0 Å². The molecule has 2 aliphatic heterocycles. The smallest absolute Gasteiger partial charge is 0.369 e. The van der Waals surface area contributed by atoms with E-state index in [0.717, 1.165) is 12.8 Å². The minimum atomic E-state index is -4.28. The van der Waals surface area contributed by atoms with E-state index < -0.39 is 39.1 Å². The van der Waals surface area contributed by atoms with Crippen LogP contribution in [0.15, 0.2) is 18.2 Å². The molecule has 0 aromatic heterocycles. The van der Waals surface area contributed by atoms with Crippen LogP contribution in [0.5, 0.6) is 0 Å². The maximum absolute atomic E-state index is 14.5. The first kappa shape index (κ1) is 32.8. The standard InChI is InChI=1S/C23H32F4N4O4S.2ClH/c24-20-16-19(4-3-17(20)2-1-7-23(25,26)27)30-12-14-31(15-13-30)36(34,35)22(21(32)28-33)8-10-29(11-9-22)18-5-6-18;;/h3-4,16,18,33H,1-2,5-15H2,(H,28,32);2*1H. The van der Waals surface area contributed by atoms with Gasteiger partial charge in [0.05, 0.1) is 0 Å². The fourth-order valence-electron chi connectivity index (χ4n) is 5.24. The molecule has 38 heavy (non-hydrogen) atoms. The number of carbonyl (C=O) groups is 1. The Balaban J connectivity index is 0.00000253. The number of likely N-dealkylation sites (tertiary alicyclic amines) is 1. The van der Waals surface area contributed by atoms with Crippen molar-refractivity contribution >= 4 is 46.4 Å². The number of aryl methyl sites for hydroxylation is 1. The molecule has 4 rings (SSSR count). The van der Waals surface area contributed by atoms with Crippen molar-refractivity contribution in [2.24, 2.45) is 0 Å². The van der Waals surface area contributed by atoms with Gasteiger partial charge in [-0.05, 0) is 56.2 Å². The van der Waals surface area contributed by atoms with E-state index in [1.54, 1.807) is 11.5 Å². The summed E-state index contributed by atoms with van der Waals surface area (Å²) in [6.45, 7) is 1.63. The van der Waals surface area contributed by atoms with Gasteiger partial charge < -0.3 is 9.80 Å². The van der Waals surface area contributed by atoms with Crippen molar-refractivity contribution in [3.05, 3.63) is 29.6 Å². The third-order valence-corrected chi connectivity index (χ3v) is 10.2. The summed E-state index contributed by atoms with van der Waals surface area (Å²) in [6.07, 6.45) is -3.13. The molecule has 1 saturated carbocycles. The van der Waals surface area contributed by atoms with Gasteiger partial charge in [0.15, 0.2) is 4.75 Å². The number of nitrogens with one attached hydrogen (secondary N) is 1. The van der Waals surface area contributed by atoms with Crippen LogP contribution in [0, 0.1) is 5.82 Å². The van der Waals surface area contributed by atoms with Gasteiger partial charge in [0.25, 0.3) is 5.91 Å². The third kappa shape index (κ3) is 7.03. The van der Waals surface area contributed by atoms with E-state index in [1.807, 2.05) is 4.90 Å². The second kappa shape index (κ2) is 12.9. The number of halogens is 6. The number of carbonyl (C=O) groups excluding carboxylic acids is 1.